The number of amides is 1. The predicted molar refractivity (Wildman–Crippen MR) is 105 cm³/mol. The van der Waals surface area contributed by atoms with E-state index < -0.39 is 24.5 Å². The highest BCUT2D eigenvalue weighted by Crippen LogP contribution is 2.33. The molecule has 7 nitrogen and oxygen atoms in total. The summed E-state index contributed by atoms with van der Waals surface area (Å²) in [6.07, 6.45) is 3.46. The quantitative estimate of drug-likeness (QED) is 0.544. The van der Waals surface area contributed by atoms with Crippen molar-refractivity contribution in [3.63, 3.8) is 0 Å². The van der Waals surface area contributed by atoms with Crippen molar-refractivity contribution in [1.29, 1.82) is 0 Å². The summed E-state index contributed by atoms with van der Waals surface area (Å²) in [6.45, 7) is -0.495. The molecule has 0 spiro atoms. The van der Waals surface area contributed by atoms with E-state index in [0.29, 0.717) is 28.7 Å². The van der Waals surface area contributed by atoms with Crippen LogP contribution >= 0.6 is 23.2 Å². The second-order valence-electron chi connectivity index (χ2n) is 6.20. The van der Waals surface area contributed by atoms with Crippen molar-refractivity contribution in [2.45, 2.75) is 12.5 Å². The van der Waals surface area contributed by atoms with Gasteiger partial charge in [-0.1, -0.05) is 23.2 Å². The van der Waals surface area contributed by atoms with Crippen LogP contribution in [-0.4, -0.2) is 29.2 Å². The molecule has 2 aromatic heterocycles. The molecule has 0 bridgehead atoms. The van der Waals surface area contributed by atoms with Crippen LogP contribution in [0.4, 0.5) is 0 Å². The van der Waals surface area contributed by atoms with Crippen molar-refractivity contribution in [2.75, 3.05) is 6.61 Å². The highest BCUT2D eigenvalue weighted by molar-refractivity contribution is 6.42. The normalized spacial score (nSPS) is 16.0. The maximum atomic E-state index is 12.7. The molecule has 3 heterocycles. The summed E-state index contributed by atoms with van der Waals surface area (Å²) in [4.78, 5) is 25.0. The molecule has 1 aliphatic heterocycles. The topological polar surface area (TPSA) is 85.3 Å². The van der Waals surface area contributed by atoms with Gasteiger partial charge in [0.25, 0.3) is 5.91 Å². The molecular weight excluding hydrogens is 419 g/mol. The van der Waals surface area contributed by atoms with Gasteiger partial charge in [-0.2, -0.15) is 5.10 Å². The van der Waals surface area contributed by atoms with Crippen molar-refractivity contribution in [2.24, 2.45) is 5.10 Å². The number of esters is 1. The van der Waals surface area contributed by atoms with Crippen molar-refractivity contribution < 1.29 is 23.2 Å². The van der Waals surface area contributed by atoms with Crippen molar-refractivity contribution >= 4 is 40.8 Å². The number of carbonyl (C=O) groups excluding carboxylic acids is 2. The fraction of sp³-hybridized carbons (Fsp3) is 0.150. The Hall–Kier alpha value is -3.03. The third-order valence-corrected chi connectivity index (χ3v) is 5.06. The second-order valence-corrected chi connectivity index (χ2v) is 7.02. The molecule has 1 atom stereocenters. The Kier molecular flexibility index (Phi) is 5.42. The standard InChI is InChI=1S/C20H14Cl2N2O5/c21-13-6-5-12(9-14(13)22)20(26)29-11-19(25)24-16(18-4-2-8-28-18)10-15(23-24)17-3-1-7-27-17/h1-9,16H,10-11H2. The van der Waals surface area contributed by atoms with Crippen LogP contribution in [0.1, 0.15) is 34.3 Å². The molecule has 3 aromatic rings. The van der Waals surface area contributed by atoms with Crippen LogP contribution in [0.2, 0.25) is 10.0 Å². The van der Waals surface area contributed by atoms with E-state index in [1.165, 1.54) is 35.7 Å². The number of benzene rings is 1. The van der Waals surface area contributed by atoms with E-state index in [1.54, 1.807) is 24.3 Å². The molecule has 0 saturated carbocycles. The lowest BCUT2D eigenvalue weighted by Gasteiger charge is -2.19. The van der Waals surface area contributed by atoms with E-state index in [2.05, 4.69) is 5.10 Å². The van der Waals surface area contributed by atoms with E-state index in [0.717, 1.165) is 0 Å². The summed E-state index contributed by atoms with van der Waals surface area (Å²) < 4.78 is 16.0. The van der Waals surface area contributed by atoms with Crippen LogP contribution in [0.15, 0.2) is 68.9 Å². The summed E-state index contributed by atoms with van der Waals surface area (Å²) in [7, 11) is 0. The Morgan fingerprint density at radius 1 is 1.10 bits per heavy atom. The molecule has 4 rings (SSSR count). The molecule has 1 amide bonds. The van der Waals surface area contributed by atoms with Crippen molar-refractivity contribution in [3.05, 3.63) is 82.1 Å². The molecule has 1 aromatic carbocycles. The van der Waals surface area contributed by atoms with Gasteiger partial charge in [0.2, 0.25) is 0 Å². The smallest absolute Gasteiger partial charge is 0.338 e. The van der Waals surface area contributed by atoms with E-state index in [-0.39, 0.29) is 10.6 Å². The fourth-order valence-electron chi connectivity index (χ4n) is 2.93. The SMILES string of the molecule is O=C(OCC(=O)N1N=C(c2ccco2)CC1c1ccco1)c1ccc(Cl)c(Cl)c1. The zero-order valence-corrected chi connectivity index (χ0v) is 16.4. The van der Waals surface area contributed by atoms with Gasteiger partial charge in [0.05, 0.1) is 28.1 Å². The number of hydrogen-bond acceptors (Lipinski definition) is 6. The minimum atomic E-state index is -0.694. The Bertz CT molecular complexity index is 1060. The molecule has 1 aliphatic rings. The van der Waals surface area contributed by atoms with Gasteiger partial charge in [0.15, 0.2) is 6.61 Å². The zero-order valence-electron chi connectivity index (χ0n) is 14.9. The summed E-state index contributed by atoms with van der Waals surface area (Å²) in [5, 5.41) is 6.15. The second kappa shape index (κ2) is 8.14. The molecule has 9 heteroatoms. The third kappa shape index (κ3) is 4.06. The van der Waals surface area contributed by atoms with Gasteiger partial charge in [0, 0.05) is 6.42 Å². The van der Waals surface area contributed by atoms with Gasteiger partial charge in [-0.3, -0.25) is 4.79 Å². The van der Waals surface area contributed by atoms with Gasteiger partial charge >= 0.3 is 5.97 Å². The fourth-order valence-corrected chi connectivity index (χ4v) is 3.23. The monoisotopic (exact) mass is 432 g/mol. The average Bonchev–Trinajstić information content (AvgIpc) is 3.48. The highest BCUT2D eigenvalue weighted by Gasteiger charge is 2.36. The lowest BCUT2D eigenvalue weighted by Crippen LogP contribution is -2.31. The zero-order chi connectivity index (χ0) is 20.4. The molecule has 0 radical (unpaired) electrons. The van der Waals surface area contributed by atoms with Gasteiger partial charge in [-0.15, -0.1) is 0 Å². The van der Waals surface area contributed by atoms with E-state index in [9.17, 15) is 9.59 Å². The van der Waals surface area contributed by atoms with Crippen molar-refractivity contribution in [3.8, 4) is 0 Å². The molecule has 29 heavy (non-hydrogen) atoms. The van der Waals surface area contributed by atoms with Gasteiger partial charge in [0.1, 0.15) is 23.3 Å². The average molecular weight is 433 g/mol. The number of halogens is 2. The molecule has 0 fully saturated rings. The van der Waals surface area contributed by atoms with E-state index in [4.69, 9.17) is 36.8 Å². The molecule has 1 unspecified atom stereocenters. The predicted octanol–water partition coefficient (Wildman–Crippen LogP) is 4.71. The summed E-state index contributed by atoms with van der Waals surface area (Å²) in [5.74, 6) is -0.0635. The summed E-state index contributed by atoms with van der Waals surface area (Å²) >= 11 is 11.8. The largest absolute Gasteiger partial charge is 0.467 e. The summed E-state index contributed by atoms with van der Waals surface area (Å²) in [6, 6.07) is 10.9. The van der Waals surface area contributed by atoms with Crippen molar-refractivity contribution in [1.82, 2.24) is 5.01 Å². The minimum absolute atomic E-state index is 0.191. The van der Waals surface area contributed by atoms with Crippen LogP contribution in [0.3, 0.4) is 0 Å². The number of nitrogens with zero attached hydrogens (tertiary/aromatic N) is 2. The van der Waals surface area contributed by atoms with Crippen LogP contribution < -0.4 is 0 Å². The molecule has 0 aliphatic carbocycles. The van der Waals surface area contributed by atoms with Gasteiger partial charge in [-0.25, -0.2) is 9.80 Å². The molecule has 0 N–H and O–H groups in total. The minimum Gasteiger partial charge on any atom is -0.467 e. The Morgan fingerprint density at radius 2 is 1.90 bits per heavy atom. The lowest BCUT2D eigenvalue weighted by molar-refractivity contribution is -0.136. The maximum Gasteiger partial charge on any atom is 0.338 e. The van der Waals surface area contributed by atoms with Gasteiger partial charge in [-0.05, 0) is 42.5 Å². The Labute approximate surface area is 175 Å². The Balaban J connectivity index is 1.49. The molecule has 148 valence electrons. The number of hydrazone groups is 1. The third-order valence-electron chi connectivity index (χ3n) is 4.33. The lowest BCUT2D eigenvalue weighted by atomic mass is 10.1. The highest BCUT2D eigenvalue weighted by atomic mass is 35.5. The van der Waals surface area contributed by atoms with E-state index >= 15 is 0 Å². The first-order valence-corrected chi connectivity index (χ1v) is 9.37. The summed E-state index contributed by atoms with van der Waals surface area (Å²) in [5.41, 5.74) is 0.788. The van der Waals surface area contributed by atoms with Crippen LogP contribution in [0, 0.1) is 0 Å². The number of ether oxygens (including phenoxy) is 1. The maximum absolute atomic E-state index is 12.7. The first-order valence-electron chi connectivity index (χ1n) is 8.62. The van der Waals surface area contributed by atoms with Gasteiger partial charge < -0.3 is 13.6 Å². The van der Waals surface area contributed by atoms with Crippen LogP contribution in [0.5, 0.6) is 0 Å². The van der Waals surface area contributed by atoms with Crippen LogP contribution in [-0.2, 0) is 9.53 Å². The first kappa shape index (κ1) is 19.3. The molecule has 0 saturated heterocycles. The van der Waals surface area contributed by atoms with E-state index in [1.807, 2.05) is 0 Å². The number of carbonyl (C=O) groups is 2. The Morgan fingerprint density at radius 3 is 2.59 bits per heavy atom. The number of hydrogen-bond donors (Lipinski definition) is 0. The number of furan rings is 2. The van der Waals surface area contributed by atoms with Crippen LogP contribution in [0.25, 0.3) is 0 Å². The number of rotatable bonds is 5. The molecular formula is C20H14Cl2N2O5. The first-order chi connectivity index (χ1) is 14.0.